The number of rotatable bonds is 3. The van der Waals surface area contributed by atoms with E-state index in [2.05, 4.69) is 24.1 Å². The van der Waals surface area contributed by atoms with E-state index in [9.17, 15) is 9.18 Å². The lowest BCUT2D eigenvalue weighted by molar-refractivity contribution is 0.0697. The fourth-order valence-electron chi connectivity index (χ4n) is 2.45. The molecule has 0 spiro atoms. The smallest absolute Gasteiger partial charge is 0.339 e. The van der Waals surface area contributed by atoms with E-state index in [1.54, 1.807) is 0 Å². The van der Waals surface area contributed by atoms with Crippen LogP contribution in [0.5, 0.6) is 0 Å². The molecule has 0 radical (unpaired) electrons. The minimum atomic E-state index is -1.16. The van der Waals surface area contributed by atoms with Crippen molar-refractivity contribution in [2.24, 2.45) is 5.41 Å². The van der Waals surface area contributed by atoms with Crippen molar-refractivity contribution in [2.75, 3.05) is 5.32 Å². The van der Waals surface area contributed by atoms with Gasteiger partial charge in [-0.1, -0.05) is 13.8 Å². The van der Waals surface area contributed by atoms with E-state index in [0.29, 0.717) is 5.41 Å². The largest absolute Gasteiger partial charge is 0.478 e. The van der Waals surface area contributed by atoms with Crippen molar-refractivity contribution < 1.29 is 14.3 Å². The van der Waals surface area contributed by atoms with E-state index in [1.165, 1.54) is 0 Å². The molecule has 104 valence electrons. The first kappa shape index (κ1) is 13.8. The third-order valence-corrected chi connectivity index (χ3v) is 3.76. The normalized spacial score (nSPS) is 19.1. The van der Waals surface area contributed by atoms with E-state index < -0.39 is 11.8 Å². The number of anilines is 1. The van der Waals surface area contributed by atoms with Crippen molar-refractivity contribution in [3.8, 4) is 0 Å². The zero-order valence-electron chi connectivity index (χ0n) is 11.2. The Kier molecular flexibility index (Phi) is 3.73. The summed E-state index contributed by atoms with van der Waals surface area (Å²) >= 11 is 0. The van der Waals surface area contributed by atoms with Crippen LogP contribution in [0.1, 0.15) is 49.9 Å². The maximum absolute atomic E-state index is 13.0. The number of halogens is 1. The van der Waals surface area contributed by atoms with E-state index in [-0.39, 0.29) is 17.4 Å². The Balaban J connectivity index is 2.10. The van der Waals surface area contributed by atoms with Crippen LogP contribution in [0.2, 0.25) is 0 Å². The number of nitrogens with zero attached hydrogens (tertiary/aromatic N) is 1. The summed E-state index contributed by atoms with van der Waals surface area (Å²) in [5.41, 5.74) is 0.245. The summed E-state index contributed by atoms with van der Waals surface area (Å²) in [6.45, 7) is 4.48. The van der Waals surface area contributed by atoms with Crippen molar-refractivity contribution >= 4 is 11.8 Å². The number of hydrogen-bond donors (Lipinski definition) is 2. The fraction of sp³-hybridized carbons (Fsp3) is 0.571. The molecule has 1 fully saturated rings. The summed E-state index contributed by atoms with van der Waals surface area (Å²) in [5, 5.41) is 12.2. The minimum Gasteiger partial charge on any atom is -0.478 e. The number of nitrogens with one attached hydrogen (secondary N) is 1. The second-order valence-corrected chi connectivity index (χ2v) is 5.94. The Morgan fingerprint density at radius 1 is 1.47 bits per heavy atom. The number of aromatic nitrogens is 1. The Morgan fingerprint density at radius 3 is 2.68 bits per heavy atom. The molecule has 0 saturated heterocycles. The predicted octanol–water partition coefficient (Wildman–Crippen LogP) is 3.30. The summed E-state index contributed by atoms with van der Waals surface area (Å²) in [7, 11) is 0. The molecule has 1 aliphatic rings. The van der Waals surface area contributed by atoms with Crippen molar-refractivity contribution in [3.63, 3.8) is 0 Å². The SMILES string of the molecule is CC1(C)CCC(Nc2ncc(F)cc2C(=O)O)CC1. The molecular weight excluding hydrogens is 247 g/mol. The summed E-state index contributed by atoms with van der Waals surface area (Å²) in [6.07, 6.45) is 5.18. The van der Waals surface area contributed by atoms with Crippen molar-refractivity contribution in [1.29, 1.82) is 0 Å². The highest BCUT2D eigenvalue weighted by atomic mass is 19.1. The highest BCUT2D eigenvalue weighted by Gasteiger charge is 2.27. The van der Waals surface area contributed by atoms with Crippen molar-refractivity contribution in [2.45, 2.75) is 45.6 Å². The average Bonchev–Trinajstić information content (AvgIpc) is 2.33. The molecule has 4 nitrogen and oxygen atoms in total. The zero-order chi connectivity index (χ0) is 14.0. The summed E-state index contributed by atoms with van der Waals surface area (Å²) in [5.74, 6) is -1.53. The third-order valence-electron chi connectivity index (χ3n) is 3.76. The van der Waals surface area contributed by atoms with Crippen LogP contribution in [0.4, 0.5) is 10.2 Å². The predicted molar refractivity (Wildman–Crippen MR) is 70.8 cm³/mol. The van der Waals surface area contributed by atoms with Gasteiger partial charge in [-0.05, 0) is 37.2 Å². The van der Waals surface area contributed by atoms with Crippen molar-refractivity contribution in [1.82, 2.24) is 4.98 Å². The monoisotopic (exact) mass is 266 g/mol. The highest BCUT2D eigenvalue weighted by molar-refractivity contribution is 5.93. The molecule has 2 N–H and O–H groups in total. The van der Waals surface area contributed by atoms with Gasteiger partial charge in [-0.15, -0.1) is 0 Å². The molecule has 0 bridgehead atoms. The van der Waals surface area contributed by atoms with Crippen molar-refractivity contribution in [3.05, 3.63) is 23.6 Å². The minimum absolute atomic E-state index is 0.107. The Bertz CT molecular complexity index is 478. The highest BCUT2D eigenvalue weighted by Crippen LogP contribution is 2.36. The Labute approximate surface area is 112 Å². The maximum atomic E-state index is 13.0. The van der Waals surface area contributed by atoms with Crippen LogP contribution < -0.4 is 5.32 Å². The van der Waals surface area contributed by atoms with Gasteiger partial charge in [0.05, 0.1) is 6.20 Å². The first-order valence-electron chi connectivity index (χ1n) is 6.53. The number of aromatic carboxylic acids is 1. The summed E-state index contributed by atoms with van der Waals surface area (Å²) in [4.78, 5) is 14.9. The van der Waals surface area contributed by atoms with Gasteiger partial charge in [0.2, 0.25) is 0 Å². The van der Waals surface area contributed by atoms with Crippen LogP contribution in [0.25, 0.3) is 0 Å². The second kappa shape index (κ2) is 5.15. The number of carboxylic acid groups (broad SMARTS) is 1. The van der Waals surface area contributed by atoms with E-state index in [4.69, 9.17) is 5.11 Å². The van der Waals surface area contributed by atoms with E-state index in [0.717, 1.165) is 37.9 Å². The lowest BCUT2D eigenvalue weighted by atomic mass is 9.75. The topological polar surface area (TPSA) is 62.2 Å². The van der Waals surface area contributed by atoms with Gasteiger partial charge in [0.1, 0.15) is 17.2 Å². The molecule has 1 heterocycles. The van der Waals surface area contributed by atoms with Crippen LogP contribution in [-0.2, 0) is 0 Å². The molecule has 1 aliphatic carbocycles. The van der Waals surface area contributed by atoms with Gasteiger partial charge >= 0.3 is 5.97 Å². The van der Waals surface area contributed by atoms with Crippen LogP contribution >= 0.6 is 0 Å². The van der Waals surface area contributed by atoms with Gasteiger partial charge in [0.15, 0.2) is 0 Å². The molecule has 19 heavy (non-hydrogen) atoms. The Morgan fingerprint density at radius 2 is 2.11 bits per heavy atom. The molecule has 1 aromatic rings. The van der Waals surface area contributed by atoms with Gasteiger partial charge in [-0.2, -0.15) is 0 Å². The number of hydrogen-bond acceptors (Lipinski definition) is 3. The average molecular weight is 266 g/mol. The second-order valence-electron chi connectivity index (χ2n) is 5.94. The first-order chi connectivity index (χ1) is 8.87. The first-order valence-corrected chi connectivity index (χ1v) is 6.53. The Hall–Kier alpha value is -1.65. The molecule has 0 aromatic carbocycles. The molecule has 0 unspecified atom stereocenters. The maximum Gasteiger partial charge on any atom is 0.339 e. The summed E-state index contributed by atoms with van der Waals surface area (Å²) in [6, 6.07) is 1.22. The molecular formula is C14H19FN2O2. The number of carboxylic acids is 1. The standard InChI is InChI=1S/C14H19FN2O2/c1-14(2)5-3-10(4-6-14)17-12-11(13(18)19)7-9(15)8-16-12/h7-8,10H,3-6H2,1-2H3,(H,16,17)(H,18,19). The van der Waals surface area contributed by atoms with Gasteiger partial charge in [0.25, 0.3) is 0 Å². The molecule has 2 rings (SSSR count). The van der Waals surface area contributed by atoms with Gasteiger partial charge in [0, 0.05) is 6.04 Å². The van der Waals surface area contributed by atoms with Gasteiger partial charge < -0.3 is 10.4 Å². The quantitative estimate of drug-likeness (QED) is 0.881. The molecule has 0 aliphatic heterocycles. The van der Waals surface area contributed by atoms with E-state index >= 15 is 0 Å². The third kappa shape index (κ3) is 3.43. The number of carbonyl (C=O) groups is 1. The lowest BCUT2D eigenvalue weighted by Crippen LogP contribution is -2.30. The zero-order valence-corrected chi connectivity index (χ0v) is 11.2. The van der Waals surface area contributed by atoms with Gasteiger partial charge in [-0.3, -0.25) is 0 Å². The van der Waals surface area contributed by atoms with Gasteiger partial charge in [-0.25, -0.2) is 14.2 Å². The van der Waals surface area contributed by atoms with Crippen LogP contribution in [-0.4, -0.2) is 22.1 Å². The number of pyridine rings is 1. The fourth-order valence-corrected chi connectivity index (χ4v) is 2.45. The van der Waals surface area contributed by atoms with Crippen LogP contribution in [0.3, 0.4) is 0 Å². The summed E-state index contributed by atoms with van der Waals surface area (Å²) < 4.78 is 13.0. The molecule has 0 atom stereocenters. The van der Waals surface area contributed by atoms with Crippen LogP contribution in [0, 0.1) is 11.2 Å². The molecule has 0 amide bonds. The van der Waals surface area contributed by atoms with Crippen LogP contribution in [0.15, 0.2) is 12.3 Å². The lowest BCUT2D eigenvalue weighted by Gasteiger charge is -2.35. The molecule has 1 aromatic heterocycles. The molecule has 1 saturated carbocycles. The van der Waals surface area contributed by atoms with E-state index in [1.807, 2.05) is 0 Å². The molecule has 5 heteroatoms.